The molecule has 0 bridgehead atoms. The molecule has 4 heteroatoms. The predicted molar refractivity (Wildman–Crippen MR) is 90.4 cm³/mol. The van der Waals surface area contributed by atoms with E-state index in [0.717, 1.165) is 11.9 Å². The van der Waals surface area contributed by atoms with E-state index in [2.05, 4.69) is 62.3 Å². The Morgan fingerprint density at radius 3 is 2.37 bits per heavy atom. The van der Waals surface area contributed by atoms with Crippen LogP contribution in [0.3, 0.4) is 0 Å². The van der Waals surface area contributed by atoms with Crippen LogP contribution in [0.2, 0.25) is 0 Å². The summed E-state index contributed by atoms with van der Waals surface area (Å²) in [5.41, 5.74) is 3.07. The zero-order chi connectivity index (χ0) is 12.9. The van der Waals surface area contributed by atoms with E-state index in [-0.39, 0.29) is 24.0 Å². The number of aliphatic imine (C=N–C) groups is 1. The highest BCUT2D eigenvalue weighted by molar-refractivity contribution is 14.0. The van der Waals surface area contributed by atoms with Gasteiger partial charge in [0, 0.05) is 34.1 Å². The van der Waals surface area contributed by atoms with E-state index in [0.29, 0.717) is 12.0 Å². The van der Waals surface area contributed by atoms with Gasteiger partial charge in [0.25, 0.3) is 0 Å². The summed E-state index contributed by atoms with van der Waals surface area (Å²) in [7, 11) is 8.24. The second-order valence-corrected chi connectivity index (χ2v) is 5.80. The highest BCUT2D eigenvalue weighted by Crippen LogP contribution is 2.58. The van der Waals surface area contributed by atoms with E-state index < -0.39 is 0 Å². The van der Waals surface area contributed by atoms with Gasteiger partial charge < -0.3 is 9.80 Å². The van der Waals surface area contributed by atoms with Crippen LogP contribution in [-0.2, 0) is 6.42 Å². The summed E-state index contributed by atoms with van der Waals surface area (Å²) >= 11 is 0. The molecule has 3 atom stereocenters. The molecule has 0 aliphatic heterocycles. The lowest BCUT2D eigenvalue weighted by Crippen LogP contribution is -2.35. The van der Waals surface area contributed by atoms with Crippen molar-refractivity contribution in [3.05, 3.63) is 35.4 Å². The topological polar surface area (TPSA) is 18.8 Å². The molecule has 0 saturated heterocycles. The second-order valence-electron chi connectivity index (χ2n) is 5.80. The van der Waals surface area contributed by atoms with Crippen molar-refractivity contribution >= 4 is 29.9 Å². The predicted octanol–water partition coefficient (Wildman–Crippen LogP) is 2.42. The second kappa shape index (κ2) is 5.31. The van der Waals surface area contributed by atoms with Crippen molar-refractivity contribution < 1.29 is 0 Å². The largest absolute Gasteiger partial charge is 0.349 e. The third-order valence-corrected chi connectivity index (χ3v) is 4.06. The van der Waals surface area contributed by atoms with Gasteiger partial charge >= 0.3 is 0 Å². The maximum absolute atomic E-state index is 4.94. The van der Waals surface area contributed by atoms with Gasteiger partial charge in [-0.15, -0.1) is 24.0 Å². The lowest BCUT2D eigenvalue weighted by atomic mass is 10.1. The molecule has 3 rings (SSSR count). The van der Waals surface area contributed by atoms with Crippen molar-refractivity contribution in [2.45, 2.75) is 18.4 Å². The van der Waals surface area contributed by atoms with E-state index in [1.165, 1.54) is 17.5 Å². The molecule has 19 heavy (non-hydrogen) atoms. The van der Waals surface area contributed by atoms with Crippen LogP contribution < -0.4 is 0 Å². The molecule has 104 valence electrons. The first-order valence-corrected chi connectivity index (χ1v) is 6.60. The molecular formula is C15H22IN3. The maximum atomic E-state index is 4.94. The molecule has 0 N–H and O–H groups in total. The zero-order valence-electron chi connectivity index (χ0n) is 12.0. The van der Waals surface area contributed by atoms with Crippen LogP contribution in [0.4, 0.5) is 0 Å². The van der Waals surface area contributed by atoms with E-state index in [1.54, 1.807) is 0 Å². The molecule has 0 radical (unpaired) electrons. The molecule has 0 amide bonds. The van der Waals surface area contributed by atoms with Gasteiger partial charge in [-0.3, -0.25) is 0 Å². The van der Waals surface area contributed by atoms with Crippen LogP contribution in [0.25, 0.3) is 0 Å². The SMILES string of the molecule is CN(C)C(=NC1C2Cc3ccccc3C21)N(C)C.I. The van der Waals surface area contributed by atoms with E-state index >= 15 is 0 Å². The van der Waals surface area contributed by atoms with Crippen LogP contribution in [0, 0.1) is 5.92 Å². The highest BCUT2D eigenvalue weighted by Gasteiger charge is 2.56. The first-order chi connectivity index (χ1) is 8.59. The summed E-state index contributed by atoms with van der Waals surface area (Å²) < 4.78 is 0. The Morgan fingerprint density at radius 2 is 1.74 bits per heavy atom. The molecular weight excluding hydrogens is 349 g/mol. The summed E-state index contributed by atoms with van der Waals surface area (Å²) in [5.74, 6) is 2.50. The molecule has 2 aliphatic rings. The van der Waals surface area contributed by atoms with Gasteiger partial charge in [-0.1, -0.05) is 24.3 Å². The first kappa shape index (κ1) is 14.6. The Balaban J connectivity index is 0.00000133. The summed E-state index contributed by atoms with van der Waals surface area (Å²) in [6.07, 6.45) is 1.21. The van der Waals surface area contributed by atoms with Gasteiger partial charge in [0.1, 0.15) is 0 Å². The molecule has 1 saturated carbocycles. The monoisotopic (exact) mass is 371 g/mol. The van der Waals surface area contributed by atoms with Gasteiger partial charge in [0.15, 0.2) is 5.96 Å². The van der Waals surface area contributed by atoms with Gasteiger partial charge in [-0.25, -0.2) is 4.99 Å². The van der Waals surface area contributed by atoms with E-state index in [9.17, 15) is 0 Å². The van der Waals surface area contributed by atoms with Gasteiger partial charge in [0.05, 0.1) is 6.04 Å². The molecule has 1 fully saturated rings. The minimum atomic E-state index is 0. The van der Waals surface area contributed by atoms with Crippen LogP contribution in [-0.4, -0.2) is 50.0 Å². The number of rotatable bonds is 1. The molecule has 3 nitrogen and oxygen atoms in total. The number of benzene rings is 1. The quantitative estimate of drug-likeness (QED) is 0.429. The lowest BCUT2D eigenvalue weighted by Gasteiger charge is -2.23. The van der Waals surface area contributed by atoms with Crippen LogP contribution in [0.5, 0.6) is 0 Å². The Kier molecular flexibility index (Phi) is 4.08. The van der Waals surface area contributed by atoms with E-state index in [4.69, 9.17) is 4.99 Å². The number of hydrogen-bond donors (Lipinski definition) is 0. The summed E-state index contributed by atoms with van der Waals surface area (Å²) in [4.78, 5) is 9.13. The smallest absolute Gasteiger partial charge is 0.195 e. The Morgan fingerprint density at radius 1 is 1.11 bits per heavy atom. The summed E-state index contributed by atoms with van der Waals surface area (Å²) in [5, 5.41) is 0. The standard InChI is InChI=1S/C15H21N3.HI/c1-17(2)15(18(3)4)16-14-12-9-10-7-5-6-8-11(10)13(12)14;/h5-8,12-14H,9H2,1-4H3;1H. The van der Waals surface area contributed by atoms with Gasteiger partial charge in [-0.2, -0.15) is 0 Å². The fourth-order valence-corrected chi connectivity index (χ4v) is 3.26. The molecule has 0 aromatic heterocycles. The highest BCUT2D eigenvalue weighted by atomic mass is 127. The average molecular weight is 371 g/mol. The van der Waals surface area contributed by atoms with Crippen LogP contribution >= 0.6 is 24.0 Å². The van der Waals surface area contributed by atoms with Crippen molar-refractivity contribution in [3.8, 4) is 0 Å². The van der Waals surface area contributed by atoms with Gasteiger partial charge in [-0.05, 0) is 23.5 Å². The van der Waals surface area contributed by atoms with Crippen molar-refractivity contribution in [2.75, 3.05) is 28.2 Å². The molecule has 0 spiro atoms. The number of fused-ring (bicyclic) bond motifs is 3. The Bertz CT molecular complexity index is 486. The number of halogens is 1. The number of guanidine groups is 1. The van der Waals surface area contributed by atoms with Crippen molar-refractivity contribution in [1.82, 2.24) is 9.80 Å². The Hall–Kier alpha value is -0.780. The third kappa shape index (κ3) is 2.47. The maximum Gasteiger partial charge on any atom is 0.195 e. The normalized spacial score (nSPS) is 25.8. The first-order valence-electron chi connectivity index (χ1n) is 6.60. The van der Waals surface area contributed by atoms with Gasteiger partial charge in [0.2, 0.25) is 0 Å². The van der Waals surface area contributed by atoms with Crippen molar-refractivity contribution in [1.29, 1.82) is 0 Å². The molecule has 1 aromatic rings. The molecule has 0 heterocycles. The fraction of sp³-hybridized carbons (Fsp3) is 0.533. The molecule has 2 aliphatic carbocycles. The third-order valence-electron chi connectivity index (χ3n) is 4.06. The summed E-state index contributed by atoms with van der Waals surface area (Å²) in [6.45, 7) is 0. The van der Waals surface area contributed by atoms with Crippen LogP contribution in [0.1, 0.15) is 17.0 Å². The zero-order valence-corrected chi connectivity index (χ0v) is 14.3. The van der Waals surface area contributed by atoms with Crippen molar-refractivity contribution in [2.24, 2.45) is 10.9 Å². The average Bonchev–Trinajstić information content (AvgIpc) is 2.84. The lowest BCUT2D eigenvalue weighted by molar-refractivity contribution is 0.477. The number of nitrogens with zero attached hydrogens (tertiary/aromatic N) is 3. The van der Waals surface area contributed by atoms with Crippen molar-refractivity contribution in [3.63, 3.8) is 0 Å². The fourth-order valence-electron chi connectivity index (χ4n) is 3.26. The molecule has 1 aromatic carbocycles. The van der Waals surface area contributed by atoms with E-state index in [1.807, 2.05) is 0 Å². The minimum absolute atomic E-state index is 0. The molecule has 3 unspecified atom stereocenters. The van der Waals surface area contributed by atoms with Crippen LogP contribution in [0.15, 0.2) is 29.3 Å². The summed E-state index contributed by atoms with van der Waals surface area (Å²) in [6, 6.07) is 9.34. The number of hydrogen-bond acceptors (Lipinski definition) is 1. The Labute approximate surface area is 132 Å². The minimum Gasteiger partial charge on any atom is -0.349 e.